The van der Waals surface area contributed by atoms with E-state index in [0.29, 0.717) is 26.1 Å². The Morgan fingerprint density at radius 1 is 0.929 bits per heavy atom. The van der Waals surface area contributed by atoms with Crippen LogP contribution in [0.5, 0.6) is 0 Å². The molecule has 1 saturated heterocycles. The molecule has 2 aromatic carbocycles. The van der Waals surface area contributed by atoms with Crippen LogP contribution >= 0.6 is 0 Å². The van der Waals surface area contributed by atoms with E-state index in [-0.39, 0.29) is 12.4 Å². The number of halogens is 3. The number of ether oxygens (including phenoxy) is 1. The van der Waals surface area contributed by atoms with Gasteiger partial charge in [-0.05, 0) is 42.7 Å². The normalized spacial score (nSPS) is 15.7. The lowest BCUT2D eigenvalue weighted by Crippen LogP contribution is -2.47. The quantitative estimate of drug-likeness (QED) is 0.787. The minimum Gasteiger partial charge on any atom is -0.381 e. The van der Waals surface area contributed by atoms with Gasteiger partial charge in [0, 0.05) is 31.2 Å². The predicted molar refractivity (Wildman–Crippen MR) is 96.1 cm³/mol. The summed E-state index contributed by atoms with van der Waals surface area (Å²) in [5.74, 6) is -4.04. The van der Waals surface area contributed by atoms with Gasteiger partial charge in [-0.25, -0.2) is 13.2 Å². The number of rotatable bonds is 4. The molecule has 1 aliphatic heterocycles. The average molecular weight is 392 g/mol. The summed E-state index contributed by atoms with van der Waals surface area (Å²) in [6.45, 7) is 1.06. The van der Waals surface area contributed by atoms with Crippen LogP contribution in [0.3, 0.4) is 0 Å². The summed E-state index contributed by atoms with van der Waals surface area (Å²) >= 11 is 0. The van der Waals surface area contributed by atoms with Crippen molar-refractivity contribution in [3.8, 4) is 0 Å². The highest BCUT2D eigenvalue weighted by molar-refractivity contribution is 6.39. The second-order valence-electron chi connectivity index (χ2n) is 6.66. The maximum atomic E-state index is 13.6. The third kappa shape index (κ3) is 4.51. The Hall–Kier alpha value is -2.87. The first kappa shape index (κ1) is 19.9. The summed E-state index contributed by atoms with van der Waals surface area (Å²) in [6.07, 6.45) is 1.16. The maximum Gasteiger partial charge on any atom is 0.313 e. The molecule has 1 heterocycles. The first-order valence-electron chi connectivity index (χ1n) is 8.78. The largest absolute Gasteiger partial charge is 0.381 e. The molecule has 148 valence electrons. The van der Waals surface area contributed by atoms with E-state index in [2.05, 4.69) is 10.6 Å². The Labute approximate surface area is 159 Å². The summed E-state index contributed by atoms with van der Waals surface area (Å²) in [6, 6.07) is 8.53. The van der Waals surface area contributed by atoms with E-state index in [0.717, 1.165) is 23.8 Å². The molecule has 0 saturated carbocycles. The van der Waals surface area contributed by atoms with Gasteiger partial charge in [-0.1, -0.05) is 12.1 Å². The number of nitrogens with one attached hydrogen (secondary N) is 2. The van der Waals surface area contributed by atoms with Gasteiger partial charge in [0.25, 0.3) is 0 Å². The van der Waals surface area contributed by atoms with Gasteiger partial charge in [-0.15, -0.1) is 0 Å². The van der Waals surface area contributed by atoms with Gasteiger partial charge >= 0.3 is 11.8 Å². The number of anilines is 1. The van der Waals surface area contributed by atoms with Crippen molar-refractivity contribution in [2.45, 2.75) is 18.3 Å². The lowest BCUT2D eigenvalue weighted by atomic mass is 9.74. The molecule has 0 aliphatic carbocycles. The van der Waals surface area contributed by atoms with Crippen LogP contribution in [0.2, 0.25) is 0 Å². The number of benzene rings is 2. The van der Waals surface area contributed by atoms with Crippen molar-refractivity contribution in [1.82, 2.24) is 5.32 Å². The smallest absolute Gasteiger partial charge is 0.313 e. The molecule has 2 aromatic rings. The molecule has 0 radical (unpaired) electrons. The fraction of sp³-hybridized carbons (Fsp3) is 0.300. The highest BCUT2D eigenvalue weighted by Gasteiger charge is 2.35. The van der Waals surface area contributed by atoms with Crippen molar-refractivity contribution >= 4 is 17.5 Å². The van der Waals surface area contributed by atoms with Gasteiger partial charge in [0.05, 0.1) is 5.69 Å². The van der Waals surface area contributed by atoms with E-state index in [4.69, 9.17) is 4.74 Å². The Balaban J connectivity index is 1.69. The van der Waals surface area contributed by atoms with Crippen LogP contribution in [0.4, 0.5) is 18.9 Å². The first-order chi connectivity index (χ1) is 13.4. The van der Waals surface area contributed by atoms with Crippen LogP contribution in [0.15, 0.2) is 42.5 Å². The fourth-order valence-corrected chi connectivity index (χ4v) is 3.24. The Bertz CT molecular complexity index is 865. The molecule has 1 aliphatic rings. The third-order valence-corrected chi connectivity index (χ3v) is 4.88. The molecule has 1 fully saturated rings. The Morgan fingerprint density at radius 3 is 2.25 bits per heavy atom. The van der Waals surface area contributed by atoms with Gasteiger partial charge < -0.3 is 15.4 Å². The van der Waals surface area contributed by atoms with E-state index < -0.39 is 34.6 Å². The van der Waals surface area contributed by atoms with Crippen LogP contribution in [0.25, 0.3) is 0 Å². The SMILES string of the molecule is O=C(NCC1(c2ccc(F)cc2)CCOCC1)C(=O)Nc1cc(F)ccc1F. The molecule has 2 amide bonds. The molecule has 2 N–H and O–H groups in total. The average Bonchev–Trinajstić information content (AvgIpc) is 2.70. The van der Waals surface area contributed by atoms with Gasteiger partial charge in [0.2, 0.25) is 0 Å². The molecule has 0 bridgehead atoms. The molecule has 28 heavy (non-hydrogen) atoms. The number of carbonyl (C=O) groups is 2. The second kappa shape index (κ2) is 8.43. The number of amides is 2. The molecular weight excluding hydrogens is 373 g/mol. The zero-order chi connectivity index (χ0) is 20.1. The van der Waals surface area contributed by atoms with Crippen LogP contribution in [0.1, 0.15) is 18.4 Å². The highest BCUT2D eigenvalue weighted by Crippen LogP contribution is 2.34. The number of carbonyl (C=O) groups excluding carboxylic acids is 2. The summed E-state index contributed by atoms with van der Waals surface area (Å²) in [7, 11) is 0. The lowest BCUT2D eigenvalue weighted by molar-refractivity contribution is -0.136. The lowest BCUT2D eigenvalue weighted by Gasteiger charge is -2.37. The number of hydrogen-bond acceptors (Lipinski definition) is 3. The van der Waals surface area contributed by atoms with E-state index in [1.54, 1.807) is 12.1 Å². The van der Waals surface area contributed by atoms with Crippen LogP contribution in [-0.4, -0.2) is 31.6 Å². The van der Waals surface area contributed by atoms with Crippen molar-refractivity contribution in [2.75, 3.05) is 25.1 Å². The minimum atomic E-state index is -1.11. The fourth-order valence-electron chi connectivity index (χ4n) is 3.24. The van der Waals surface area contributed by atoms with Gasteiger partial charge in [-0.2, -0.15) is 0 Å². The molecule has 0 aromatic heterocycles. The highest BCUT2D eigenvalue weighted by atomic mass is 19.1. The van der Waals surface area contributed by atoms with E-state index in [1.807, 2.05) is 0 Å². The Morgan fingerprint density at radius 2 is 1.57 bits per heavy atom. The van der Waals surface area contributed by atoms with Crippen molar-refractivity contribution in [2.24, 2.45) is 0 Å². The monoisotopic (exact) mass is 392 g/mol. The van der Waals surface area contributed by atoms with E-state index in [9.17, 15) is 22.8 Å². The molecule has 3 rings (SSSR count). The number of hydrogen-bond donors (Lipinski definition) is 2. The molecule has 0 unspecified atom stereocenters. The summed E-state index contributed by atoms with van der Waals surface area (Å²) in [5.41, 5.74) is -0.0972. The first-order valence-corrected chi connectivity index (χ1v) is 8.78. The molecule has 0 spiro atoms. The zero-order valence-electron chi connectivity index (χ0n) is 14.9. The molecular formula is C20H19F3N2O3. The van der Waals surface area contributed by atoms with Crippen LogP contribution in [-0.2, 0) is 19.7 Å². The maximum absolute atomic E-state index is 13.6. The van der Waals surface area contributed by atoms with Crippen LogP contribution in [0, 0.1) is 17.5 Å². The third-order valence-electron chi connectivity index (χ3n) is 4.88. The van der Waals surface area contributed by atoms with Gasteiger partial charge in [0.1, 0.15) is 17.5 Å². The summed E-state index contributed by atoms with van der Waals surface area (Å²) < 4.78 is 45.5. The van der Waals surface area contributed by atoms with Crippen molar-refractivity contribution in [1.29, 1.82) is 0 Å². The van der Waals surface area contributed by atoms with Crippen molar-refractivity contribution in [3.05, 3.63) is 65.5 Å². The van der Waals surface area contributed by atoms with Crippen molar-refractivity contribution in [3.63, 3.8) is 0 Å². The standard InChI is InChI=1S/C20H19F3N2O3/c21-14-3-1-13(2-4-14)20(7-9-28-10-8-20)12-24-18(26)19(27)25-17-11-15(22)5-6-16(17)23/h1-6,11H,7-10,12H2,(H,24,26)(H,25,27). The Kier molecular flexibility index (Phi) is 5.99. The van der Waals surface area contributed by atoms with Gasteiger partial charge in [0.15, 0.2) is 0 Å². The molecule has 0 atom stereocenters. The topological polar surface area (TPSA) is 67.4 Å². The summed E-state index contributed by atoms with van der Waals surface area (Å²) in [4.78, 5) is 24.2. The van der Waals surface area contributed by atoms with Gasteiger partial charge in [-0.3, -0.25) is 9.59 Å². The predicted octanol–water partition coefficient (Wildman–Crippen LogP) is 2.91. The van der Waals surface area contributed by atoms with Crippen LogP contribution < -0.4 is 10.6 Å². The summed E-state index contributed by atoms with van der Waals surface area (Å²) in [5, 5.41) is 4.60. The van der Waals surface area contributed by atoms with E-state index >= 15 is 0 Å². The zero-order valence-corrected chi connectivity index (χ0v) is 14.9. The second-order valence-corrected chi connectivity index (χ2v) is 6.66. The minimum absolute atomic E-state index is 0.125. The van der Waals surface area contributed by atoms with E-state index in [1.165, 1.54) is 12.1 Å². The van der Waals surface area contributed by atoms with Crippen molar-refractivity contribution < 1.29 is 27.5 Å². The molecule has 8 heteroatoms. The molecule has 5 nitrogen and oxygen atoms in total.